The molecule has 0 bridgehead atoms. The number of nitrogens with zero attached hydrogens (tertiary/aromatic N) is 3. The summed E-state index contributed by atoms with van der Waals surface area (Å²) >= 11 is 5.19. The third-order valence-corrected chi connectivity index (χ3v) is 3.05. The maximum atomic E-state index is 5.19. The van der Waals surface area contributed by atoms with Gasteiger partial charge in [0.25, 0.3) is 0 Å². The SMILES string of the molecule is CCn1c(N(C)c2cccc(C)c2)n[nH]c1=S. The highest BCUT2D eigenvalue weighted by molar-refractivity contribution is 7.71. The van der Waals surface area contributed by atoms with E-state index < -0.39 is 0 Å². The van der Waals surface area contributed by atoms with Gasteiger partial charge in [-0.15, -0.1) is 5.10 Å². The van der Waals surface area contributed by atoms with Crippen LogP contribution < -0.4 is 4.90 Å². The lowest BCUT2D eigenvalue weighted by atomic mass is 10.2. The van der Waals surface area contributed by atoms with Crippen LogP contribution in [-0.4, -0.2) is 21.8 Å². The smallest absolute Gasteiger partial charge is 0.229 e. The number of aromatic amines is 1. The molecular formula is C12H16N4S. The van der Waals surface area contributed by atoms with Crippen molar-refractivity contribution >= 4 is 23.9 Å². The predicted octanol–water partition coefficient (Wildman–Crippen LogP) is 3.04. The minimum absolute atomic E-state index is 0.655. The quantitative estimate of drug-likeness (QED) is 0.848. The van der Waals surface area contributed by atoms with Gasteiger partial charge in [-0.1, -0.05) is 12.1 Å². The first-order valence-electron chi connectivity index (χ1n) is 5.59. The molecule has 0 fully saturated rings. The fourth-order valence-electron chi connectivity index (χ4n) is 1.80. The fourth-order valence-corrected chi connectivity index (χ4v) is 2.06. The Hall–Kier alpha value is -1.62. The molecule has 1 N–H and O–H groups in total. The van der Waals surface area contributed by atoms with Crippen LogP contribution in [0.25, 0.3) is 0 Å². The van der Waals surface area contributed by atoms with Crippen LogP contribution in [0, 0.1) is 11.7 Å². The van der Waals surface area contributed by atoms with Crippen molar-refractivity contribution in [2.75, 3.05) is 11.9 Å². The second-order valence-corrected chi connectivity index (χ2v) is 4.36. The number of benzene rings is 1. The lowest BCUT2D eigenvalue weighted by molar-refractivity contribution is 0.742. The van der Waals surface area contributed by atoms with Crippen molar-refractivity contribution in [3.05, 3.63) is 34.6 Å². The van der Waals surface area contributed by atoms with E-state index in [4.69, 9.17) is 12.2 Å². The number of rotatable bonds is 3. The molecule has 17 heavy (non-hydrogen) atoms. The molecule has 1 aromatic carbocycles. The van der Waals surface area contributed by atoms with Crippen molar-refractivity contribution in [2.45, 2.75) is 20.4 Å². The Labute approximate surface area is 106 Å². The summed E-state index contributed by atoms with van der Waals surface area (Å²) in [5.41, 5.74) is 2.33. The molecule has 5 heteroatoms. The van der Waals surface area contributed by atoms with E-state index in [2.05, 4.69) is 42.2 Å². The molecular weight excluding hydrogens is 232 g/mol. The summed E-state index contributed by atoms with van der Waals surface area (Å²) < 4.78 is 2.62. The summed E-state index contributed by atoms with van der Waals surface area (Å²) in [7, 11) is 1.99. The minimum atomic E-state index is 0.655. The summed E-state index contributed by atoms with van der Waals surface area (Å²) in [5, 5.41) is 7.09. The number of nitrogens with one attached hydrogen (secondary N) is 1. The molecule has 0 radical (unpaired) electrons. The molecule has 1 aromatic heterocycles. The Bertz CT molecular complexity index is 570. The number of aryl methyl sites for hydroxylation is 1. The summed E-state index contributed by atoms with van der Waals surface area (Å²) in [5.74, 6) is 0.836. The largest absolute Gasteiger partial charge is 0.314 e. The minimum Gasteiger partial charge on any atom is -0.314 e. The number of anilines is 2. The Morgan fingerprint density at radius 2 is 2.24 bits per heavy atom. The maximum Gasteiger partial charge on any atom is 0.229 e. The molecule has 0 aliphatic heterocycles. The van der Waals surface area contributed by atoms with Gasteiger partial charge in [0, 0.05) is 19.3 Å². The van der Waals surface area contributed by atoms with Crippen LogP contribution in [0.15, 0.2) is 24.3 Å². The lowest BCUT2D eigenvalue weighted by Crippen LogP contribution is -2.15. The van der Waals surface area contributed by atoms with Gasteiger partial charge in [0.2, 0.25) is 5.95 Å². The zero-order valence-corrected chi connectivity index (χ0v) is 11.1. The van der Waals surface area contributed by atoms with Crippen LogP contribution in [0.4, 0.5) is 11.6 Å². The van der Waals surface area contributed by atoms with E-state index in [9.17, 15) is 0 Å². The van der Waals surface area contributed by atoms with Crippen molar-refractivity contribution in [1.29, 1.82) is 0 Å². The maximum absolute atomic E-state index is 5.19. The molecule has 0 aliphatic rings. The first kappa shape index (κ1) is 11.9. The van der Waals surface area contributed by atoms with E-state index in [1.54, 1.807) is 0 Å². The highest BCUT2D eigenvalue weighted by Gasteiger charge is 2.11. The molecule has 2 aromatic rings. The van der Waals surface area contributed by atoms with Crippen molar-refractivity contribution < 1.29 is 0 Å². The van der Waals surface area contributed by atoms with E-state index >= 15 is 0 Å². The van der Waals surface area contributed by atoms with Crippen LogP contribution in [0.5, 0.6) is 0 Å². The number of hydrogen-bond acceptors (Lipinski definition) is 3. The highest BCUT2D eigenvalue weighted by atomic mass is 32.1. The van der Waals surface area contributed by atoms with Crippen molar-refractivity contribution in [3.8, 4) is 0 Å². The molecule has 0 saturated carbocycles. The second kappa shape index (κ2) is 4.71. The number of H-pyrrole nitrogens is 1. The zero-order chi connectivity index (χ0) is 12.4. The molecule has 0 atom stereocenters. The molecule has 1 heterocycles. The molecule has 2 rings (SSSR count). The van der Waals surface area contributed by atoms with Crippen molar-refractivity contribution in [3.63, 3.8) is 0 Å². The van der Waals surface area contributed by atoms with Gasteiger partial charge in [-0.25, -0.2) is 5.10 Å². The van der Waals surface area contributed by atoms with Gasteiger partial charge < -0.3 is 4.90 Å². The third kappa shape index (κ3) is 2.24. The van der Waals surface area contributed by atoms with Gasteiger partial charge in [0.05, 0.1) is 0 Å². The molecule has 0 unspecified atom stereocenters. The summed E-state index contributed by atoms with van der Waals surface area (Å²) in [6, 6.07) is 8.30. The lowest BCUT2D eigenvalue weighted by Gasteiger charge is -2.18. The summed E-state index contributed by atoms with van der Waals surface area (Å²) in [4.78, 5) is 2.03. The Morgan fingerprint density at radius 3 is 2.88 bits per heavy atom. The predicted molar refractivity (Wildman–Crippen MR) is 72.3 cm³/mol. The molecule has 0 saturated heterocycles. The van der Waals surface area contributed by atoms with Gasteiger partial charge in [0.15, 0.2) is 4.77 Å². The zero-order valence-electron chi connectivity index (χ0n) is 10.3. The van der Waals surface area contributed by atoms with Crippen LogP contribution in [0.2, 0.25) is 0 Å². The Balaban J connectivity index is 2.43. The average molecular weight is 248 g/mol. The molecule has 0 amide bonds. The van der Waals surface area contributed by atoms with Gasteiger partial charge in [-0.3, -0.25) is 4.57 Å². The van der Waals surface area contributed by atoms with Gasteiger partial charge in [-0.05, 0) is 43.8 Å². The Kier molecular flexibility index (Phi) is 3.28. The fraction of sp³-hybridized carbons (Fsp3) is 0.333. The van der Waals surface area contributed by atoms with Crippen molar-refractivity contribution in [2.24, 2.45) is 0 Å². The second-order valence-electron chi connectivity index (χ2n) is 3.97. The first-order chi connectivity index (χ1) is 8.13. The van der Waals surface area contributed by atoms with Gasteiger partial charge in [0.1, 0.15) is 0 Å². The van der Waals surface area contributed by atoms with Crippen LogP contribution in [-0.2, 0) is 6.54 Å². The molecule has 4 nitrogen and oxygen atoms in total. The van der Waals surface area contributed by atoms with E-state index in [0.29, 0.717) is 4.77 Å². The van der Waals surface area contributed by atoms with E-state index in [1.807, 2.05) is 22.6 Å². The topological polar surface area (TPSA) is 36.9 Å². The van der Waals surface area contributed by atoms with E-state index in [0.717, 1.165) is 18.2 Å². The van der Waals surface area contributed by atoms with Crippen LogP contribution in [0.1, 0.15) is 12.5 Å². The standard InChI is InChI=1S/C12H16N4S/c1-4-16-11(13-14-12(16)17)15(3)10-7-5-6-9(2)8-10/h5-8H,4H2,1-3H3,(H,14,17). The Morgan fingerprint density at radius 1 is 1.47 bits per heavy atom. The number of aromatic nitrogens is 3. The van der Waals surface area contributed by atoms with Crippen molar-refractivity contribution in [1.82, 2.24) is 14.8 Å². The first-order valence-corrected chi connectivity index (χ1v) is 6.00. The molecule has 90 valence electrons. The van der Waals surface area contributed by atoms with Gasteiger partial charge in [-0.2, -0.15) is 0 Å². The van der Waals surface area contributed by atoms with Crippen LogP contribution in [0.3, 0.4) is 0 Å². The van der Waals surface area contributed by atoms with Gasteiger partial charge >= 0.3 is 0 Å². The van der Waals surface area contributed by atoms with E-state index in [1.165, 1.54) is 5.56 Å². The van der Waals surface area contributed by atoms with E-state index in [-0.39, 0.29) is 0 Å². The average Bonchev–Trinajstić information content (AvgIpc) is 2.69. The molecule has 0 aliphatic carbocycles. The summed E-state index contributed by atoms with van der Waals surface area (Å²) in [6.45, 7) is 4.94. The van der Waals surface area contributed by atoms with Crippen LogP contribution >= 0.6 is 12.2 Å². The number of hydrogen-bond donors (Lipinski definition) is 1. The third-order valence-electron chi connectivity index (χ3n) is 2.74. The molecule has 0 spiro atoms. The summed E-state index contributed by atoms with van der Waals surface area (Å²) in [6.07, 6.45) is 0. The normalized spacial score (nSPS) is 10.5. The monoisotopic (exact) mass is 248 g/mol. The highest BCUT2D eigenvalue weighted by Crippen LogP contribution is 2.22.